The molecule has 2 spiro atoms. The molecule has 1 unspecified atom stereocenters. The Morgan fingerprint density at radius 1 is 1.09 bits per heavy atom. The van der Waals surface area contributed by atoms with Crippen molar-refractivity contribution in [2.75, 3.05) is 29.9 Å². The molecule has 4 fully saturated rings. The number of aromatic nitrogens is 4. The monoisotopic (exact) mass is 747 g/mol. The summed E-state index contributed by atoms with van der Waals surface area (Å²) in [4.78, 5) is 26.1. The first-order valence-corrected chi connectivity index (χ1v) is 20.0. The van der Waals surface area contributed by atoms with Gasteiger partial charge in [-0.25, -0.2) is 14.6 Å². The molecule has 1 saturated heterocycles. The van der Waals surface area contributed by atoms with E-state index in [4.69, 9.17) is 50.8 Å². The lowest BCUT2D eigenvalue weighted by molar-refractivity contribution is 0.0984. The Labute approximate surface area is 333 Å². The first-order chi connectivity index (χ1) is 26.2. The lowest BCUT2D eigenvalue weighted by Crippen LogP contribution is -2.52. The summed E-state index contributed by atoms with van der Waals surface area (Å²) in [6, 6.07) is 8.91. The van der Waals surface area contributed by atoms with Gasteiger partial charge in [-0.1, -0.05) is 36.1 Å². The van der Waals surface area contributed by atoms with E-state index in [-0.39, 0.29) is 34.1 Å². The molecule has 5 heterocycles. The number of pyridine rings is 2. The van der Waals surface area contributed by atoms with Crippen LogP contribution in [-0.4, -0.2) is 87.7 Å². The fraction of sp³-hybridized carbons (Fsp3) is 0.500. The van der Waals surface area contributed by atoms with Crippen molar-refractivity contribution in [1.29, 1.82) is 0 Å². The zero-order chi connectivity index (χ0) is 38.8. The summed E-state index contributed by atoms with van der Waals surface area (Å²) in [5.41, 5.74) is 1.47. The van der Waals surface area contributed by atoms with E-state index in [1.54, 1.807) is 35.2 Å². The van der Waals surface area contributed by atoms with Gasteiger partial charge in [-0.3, -0.25) is 9.52 Å². The number of hydrogen-bond donors (Lipinski definition) is 2. The van der Waals surface area contributed by atoms with Gasteiger partial charge in [0, 0.05) is 48.2 Å². The third-order valence-electron chi connectivity index (χ3n) is 12.5. The minimum Gasteiger partial charge on any atom is -0.491 e. The van der Waals surface area contributed by atoms with Crippen LogP contribution in [0.3, 0.4) is 0 Å². The number of nitrogens with zero attached hydrogens (tertiary/aromatic N) is 5. The maximum Gasteiger partial charge on any atom is 0.265 e. The highest BCUT2D eigenvalue weighted by Gasteiger charge is 2.89. The number of hydrogen-bond acceptors (Lipinski definition) is 9. The Bertz CT molecular complexity index is 2040. The smallest absolute Gasteiger partial charge is 0.265 e. The molecule has 3 aromatic heterocycles. The van der Waals surface area contributed by atoms with E-state index in [1.165, 1.54) is 0 Å². The van der Waals surface area contributed by atoms with Crippen LogP contribution in [0.2, 0.25) is 5.21 Å². The Balaban J connectivity index is 1.04. The molecule has 8 rings (SSSR count). The quantitative estimate of drug-likeness (QED) is 0.147. The Morgan fingerprint density at radius 3 is 2.56 bits per heavy atom. The van der Waals surface area contributed by atoms with Crippen LogP contribution in [0, 0.1) is 22.7 Å². The summed E-state index contributed by atoms with van der Waals surface area (Å²) in [5, 5.41) is 5.46. The fourth-order valence-electron chi connectivity index (χ4n) is 9.41. The van der Waals surface area contributed by atoms with Gasteiger partial charge in [-0.2, -0.15) is 0 Å². The largest absolute Gasteiger partial charge is 0.491 e. The van der Waals surface area contributed by atoms with Gasteiger partial charge >= 0.3 is 0 Å². The summed E-state index contributed by atoms with van der Waals surface area (Å²) < 4.78 is 16.8. The summed E-state index contributed by atoms with van der Waals surface area (Å²) >= 11 is 1.14. The average Bonchev–Trinajstić information content (AvgIpc) is 4.11. The van der Waals surface area contributed by atoms with E-state index >= 15 is 0 Å². The molecular formula is C40H45B4N7O3S. The van der Waals surface area contributed by atoms with Crippen molar-refractivity contribution in [3.05, 3.63) is 78.5 Å². The fourth-order valence-corrected chi connectivity index (χ4v) is 9.99. The molecule has 0 aromatic carbocycles. The molecule has 3 aliphatic carbocycles. The molecule has 2 aliphatic heterocycles. The van der Waals surface area contributed by atoms with Crippen LogP contribution < -0.4 is 24.4 Å². The second kappa shape index (κ2) is 13.9. The third-order valence-corrected chi connectivity index (χ3v) is 13.2. The highest BCUT2D eigenvalue weighted by Crippen LogP contribution is 2.96. The van der Waals surface area contributed by atoms with E-state index in [0.717, 1.165) is 75.6 Å². The summed E-state index contributed by atoms with van der Waals surface area (Å²) in [6.45, 7) is 12.1. The highest BCUT2D eigenvalue weighted by atomic mass is 32.2. The standard InChI is InChI=1S/C40H45B4N7O3S/c1-5-7-9-25(6-2)24-53-28-12-14-31-47-32(28)45-20-8-10-26-22-36(3,4)50(23-26)33-27(34(52)49-55-31)11-13-29(46-33)51-21-15-30(48-51)54-40(43,44)39(41,42)35-37(16-17-37)38(35)18-19-38/h5-7,9,11-15,21,26,35H,2,8,10,16-20,22-24H2,1,3-4H3,(H,45,47)(H,49,52)/b7-5-,25-9+. The molecule has 55 heavy (non-hydrogen) atoms. The topological polar surface area (TPSA) is 106 Å². The number of carbonyl (C=O) groups excluding carboxylic acids is 1. The molecule has 1 amide bonds. The van der Waals surface area contributed by atoms with Gasteiger partial charge in [0.15, 0.2) is 17.4 Å². The number of fused-ring (bicyclic) bond motifs is 7. The van der Waals surface area contributed by atoms with Crippen molar-refractivity contribution in [2.24, 2.45) is 22.7 Å². The number of carbonyl (C=O) groups is 1. The molecule has 8 radical (unpaired) electrons. The molecule has 276 valence electrons. The van der Waals surface area contributed by atoms with Crippen LogP contribution in [0.4, 0.5) is 11.6 Å². The van der Waals surface area contributed by atoms with Gasteiger partial charge in [0.05, 0.1) is 21.3 Å². The SMILES string of the molecule is [B]C([B])(Oc1ccn(-c2ccc3c(n2)N2CC(CCCNc4nc(ccc4OC/C(C=C)=C/C=C\C)SNC3=O)CC2(C)C)n1)C([B])([B])C1C2(CC2)C12CC2. The van der Waals surface area contributed by atoms with Gasteiger partial charge in [-0.05, 0) is 118 Å². The zero-order valence-corrected chi connectivity index (χ0v) is 32.7. The number of ether oxygens (including phenoxy) is 2. The Morgan fingerprint density at radius 2 is 1.85 bits per heavy atom. The molecule has 10 nitrogen and oxygen atoms in total. The Kier molecular flexibility index (Phi) is 9.57. The van der Waals surface area contributed by atoms with E-state index in [2.05, 4.69) is 40.5 Å². The number of rotatable bonds is 10. The van der Waals surface area contributed by atoms with Crippen molar-refractivity contribution in [2.45, 2.75) is 86.9 Å². The van der Waals surface area contributed by atoms with Crippen molar-refractivity contribution >= 4 is 60.9 Å². The predicted molar refractivity (Wildman–Crippen MR) is 221 cm³/mol. The summed E-state index contributed by atoms with van der Waals surface area (Å²) in [7, 11) is 26.5. The average molecular weight is 747 g/mol. The highest BCUT2D eigenvalue weighted by molar-refractivity contribution is 7.97. The second-order valence-electron chi connectivity index (χ2n) is 16.6. The molecule has 1 atom stereocenters. The minimum absolute atomic E-state index is 0.0194. The van der Waals surface area contributed by atoms with Crippen LogP contribution in [-0.2, 0) is 0 Å². The van der Waals surface area contributed by atoms with Gasteiger partial charge in [0.25, 0.3) is 5.91 Å². The van der Waals surface area contributed by atoms with Crippen molar-refractivity contribution < 1.29 is 14.3 Å². The van der Waals surface area contributed by atoms with Crippen LogP contribution in [0.5, 0.6) is 11.6 Å². The van der Waals surface area contributed by atoms with E-state index in [0.29, 0.717) is 46.3 Å². The first kappa shape index (κ1) is 37.9. The maximum atomic E-state index is 14.0. The maximum absolute atomic E-state index is 14.0. The Hall–Kier alpha value is -3.99. The molecule has 3 saturated carbocycles. The van der Waals surface area contributed by atoms with Crippen molar-refractivity contribution in [3.8, 4) is 17.4 Å². The normalized spacial score (nSPS) is 22.7. The predicted octanol–water partition coefficient (Wildman–Crippen LogP) is 5.99. The van der Waals surface area contributed by atoms with Crippen molar-refractivity contribution in [3.63, 3.8) is 0 Å². The second-order valence-corrected chi connectivity index (χ2v) is 17.4. The van der Waals surface area contributed by atoms with Crippen LogP contribution >= 0.6 is 11.9 Å². The lowest BCUT2D eigenvalue weighted by atomic mass is 9.33. The van der Waals surface area contributed by atoms with Crippen molar-refractivity contribution in [1.82, 2.24) is 24.5 Å². The van der Waals surface area contributed by atoms with Gasteiger partial charge in [0.1, 0.15) is 33.1 Å². The lowest BCUT2D eigenvalue weighted by Gasteiger charge is -2.45. The van der Waals surface area contributed by atoms with Crippen LogP contribution in [0.15, 0.2) is 78.0 Å². The molecule has 3 aromatic rings. The van der Waals surface area contributed by atoms with Gasteiger partial charge < -0.3 is 19.7 Å². The zero-order valence-electron chi connectivity index (χ0n) is 31.9. The van der Waals surface area contributed by atoms with Gasteiger partial charge in [-0.15, -0.1) is 5.10 Å². The molecule has 4 bridgehead atoms. The van der Waals surface area contributed by atoms with E-state index < -0.39 is 10.6 Å². The van der Waals surface area contributed by atoms with Crippen LogP contribution in [0.1, 0.15) is 76.1 Å². The molecule has 15 heteroatoms. The summed E-state index contributed by atoms with van der Waals surface area (Å²) in [6.07, 6.45) is 16.7. The number of allylic oxidation sites excluding steroid dienone is 3. The van der Waals surface area contributed by atoms with E-state index in [1.807, 2.05) is 37.3 Å². The first-order valence-electron chi connectivity index (χ1n) is 19.2. The molecule has 2 N–H and O–H groups in total. The van der Waals surface area contributed by atoms with Crippen LogP contribution in [0.25, 0.3) is 5.82 Å². The minimum atomic E-state index is -1.84. The molecular weight excluding hydrogens is 702 g/mol. The summed E-state index contributed by atoms with van der Waals surface area (Å²) in [5.74, 6) is 2.62. The van der Waals surface area contributed by atoms with Gasteiger partial charge in [0.2, 0.25) is 5.88 Å². The number of amides is 1. The number of anilines is 2. The van der Waals surface area contributed by atoms with E-state index in [9.17, 15) is 4.79 Å². The third kappa shape index (κ3) is 6.82. The molecule has 5 aliphatic rings. The number of nitrogens with one attached hydrogen (secondary N) is 2.